The Morgan fingerprint density at radius 1 is 1.15 bits per heavy atom. The van der Waals surface area contributed by atoms with Crippen LogP contribution < -0.4 is 4.90 Å². The first-order valence-electron chi connectivity index (χ1n) is 15.1. The number of anilines is 1. The van der Waals surface area contributed by atoms with Gasteiger partial charge >= 0.3 is 0 Å². The highest BCUT2D eigenvalue weighted by molar-refractivity contribution is 5.94. The molecule has 2 aromatic heterocycles. The molecule has 1 amide bonds. The minimum Gasteiger partial charge on any atom is -0.481 e. The van der Waals surface area contributed by atoms with Gasteiger partial charge in [0.1, 0.15) is 5.82 Å². The number of aromatic nitrogens is 3. The number of rotatable bonds is 10. The lowest BCUT2D eigenvalue weighted by molar-refractivity contribution is -0.124. The Labute approximate surface area is 245 Å². The van der Waals surface area contributed by atoms with E-state index in [1.165, 1.54) is 0 Å². The number of hydrogen-bond donors (Lipinski definition) is 1. The normalized spacial score (nSPS) is 23.0. The number of methoxy groups -OCH3 is 1. The number of carbonyl (C=O) groups is 1. The Bertz CT molecular complexity index is 1240. The third-order valence-corrected chi connectivity index (χ3v) is 8.58. The third-order valence-electron chi connectivity index (χ3n) is 8.58. The van der Waals surface area contributed by atoms with E-state index in [0.29, 0.717) is 42.9 Å². The number of aliphatic imine (C=N–C) groups is 1. The quantitative estimate of drug-likeness (QED) is 0.256. The second-order valence-electron chi connectivity index (χ2n) is 12.2. The van der Waals surface area contributed by atoms with Gasteiger partial charge in [-0.15, -0.1) is 0 Å². The highest BCUT2D eigenvalue weighted by atomic mass is 16.5. The lowest BCUT2D eigenvalue weighted by Gasteiger charge is -2.35. The van der Waals surface area contributed by atoms with Crippen molar-refractivity contribution < 1.29 is 14.6 Å². The van der Waals surface area contributed by atoms with Crippen LogP contribution in [0, 0.1) is 17.8 Å². The van der Waals surface area contributed by atoms with Crippen LogP contribution in [-0.2, 0) is 9.53 Å². The summed E-state index contributed by atoms with van der Waals surface area (Å²) in [4.78, 5) is 25.1. The van der Waals surface area contributed by atoms with Crippen LogP contribution in [0.25, 0.3) is 11.1 Å². The predicted octanol–water partition coefficient (Wildman–Crippen LogP) is 6.74. The summed E-state index contributed by atoms with van der Waals surface area (Å²) in [6.07, 6.45) is 14.1. The topological polar surface area (TPSA) is 92.8 Å². The summed E-state index contributed by atoms with van der Waals surface area (Å²) in [7, 11) is 1.64. The van der Waals surface area contributed by atoms with Crippen molar-refractivity contribution >= 4 is 17.9 Å². The van der Waals surface area contributed by atoms with E-state index >= 15 is 0 Å². The fourth-order valence-corrected chi connectivity index (χ4v) is 5.96. The lowest BCUT2D eigenvalue weighted by atomic mass is 9.78. The molecule has 222 valence electrons. The molecule has 0 spiro atoms. The van der Waals surface area contributed by atoms with Crippen molar-refractivity contribution in [3.05, 3.63) is 54.3 Å². The average molecular weight is 562 g/mol. The van der Waals surface area contributed by atoms with Gasteiger partial charge in [-0.25, -0.2) is 9.98 Å². The molecule has 2 aromatic rings. The van der Waals surface area contributed by atoms with Crippen LogP contribution >= 0.6 is 0 Å². The van der Waals surface area contributed by atoms with Crippen LogP contribution in [0.15, 0.2) is 59.3 Å². The van der Waals surface area contributed by atoms with E-state index in [1.807, 2.05) is 54.2 Å². The minimum atomic E-state index is -0.296. The van der Waals surface area contributed by atoms with Crippen molar-refractivity contribution in [3.8, 4) is 11.1 Å². The Balaban J connectivity index is 1.49. The van der Waals surface area contributed by atoms with Crippen LogP contribution in [0.1, 0.15) is 85.1 Å². The Morgan fingerprint density at radius 3 is 2.44 bits per heavy atom. The van der Waals surface area contributed by atoms with E-state index in [2.05, 4.69) is 30.5 Å². The summed E-state index contributed by atoms with van der Waals surface area (Å²) in [5.41, 5.74) is 4.08. The van der Waals surface area contributed by atoms with Crippen molar-refractivity contribution in [2.45, 2.75) is 91.2 Å². The van der Waals surface area contributed by atoms with E-state index in [1.54, 1.807) is 13.3 Å². The first kappa shape index (κ1) is 30.7. The molecule has 1 N–H and O–H groups in total. The van der Waals surface area contributed by atoms with Gasteiger partial charge in [0.25, 0.3) is 0 Å². The molecule has 2 heterocycles. The van der Waals surface area contributed by atoms with Gasteiger partial charge in [-0.3, -0.25) is 14.4 Å². The van der Waals surface area contributed by atoms with Crippen LogP contribution in [0.3, 0.4) is 0 Å². The average Bonchev–Trinajstić information content (AvgIpc) is 3.47. The molecule has 4 rings (SSSR count). The van der Waals surface area contributed by atoms with Crippen LogP contribution in [-0.4, -0.2) is 51.8 Å². The predicted molar refractivity (Wildman–Crippen MR) is 165 cm³/mol. The van der Waals surface area contributed by atoms with Gasteiger partial charge in [-0.1, -0.05) is 6.58 Å². The zero-order valence-electron chi connectivity index (χ0n) is 25.4. The standard InChI is InChI=1S/C33H47N5O3/c1-22(2)32(41-6)35-18-24(5)26-9-7-25(8-10-26)20-37(33(40)27-11-13-30(39)14-12-27)31-17-28(15-16-34-31)29-19-36-38(21-29)23(3)4/h15-19,21,23,25-27,30,39H,5,7-14,20H2,1-4,6H3/b35-18-/t25-,26-,27-,30-. The smallest absolute Gasteiger partial charge is 0.231 e. The maximum Gasteiger partial charge on any atom is 0.231 e. The lowest BCUT2D eigenvalue weighted by Crippen LogP contribution is -2.42. The van der Waals surface area contributed by atoms with Crippen molar-refractivity contribution in [1.29, 1.82) is 0 Å². The molecule has 0 aliphatic heterocycles. The summed E-state index contributed by atoms with van der Waals surface area (Å²) in [6.45, 7) is 13.1. The van der Waals surface area contributed by atoms with Gasteiger partial charge in [-0.05, 0) is 120 Å². The number of carbonyl (C=O) groups excluding carboxylic acids is 1. The van der Waals surface area contributed by atoms with E-state index in [0.717, 1.165) is 60.8 Å². The fraction of sp³-hybridized carbons (Fsp3) is 0.576. The molecule has 41 heavy (non-hydrogen) atoms. The fourth-order valence-electron chi connectivity index (χ4n) is 5.96. The molecule has 0 atom stereocenters. The number of pyridine rings is 1. The van der Waals surface area contributed by atoms with Crippen LogP contribution in [0.4, 0.5) is 5.82 Å². The maximum atomic E-state index is 14.0. The first-order chi connectivity index (χ1) is 19.7. The number of aliphatic hydroxyl groups is 1. The summed E-state index contributed by atoms with van der Waals surface area (Å²) >= 11 is 0. The van der Waals surface area contributed by atoms with Crippen molar-refractivity contribution in [3.63, 3.8) is 0 Å². The highest BCUT2D eigenvalue weighted by Crippen LogP contribution is 2.35. The Hall–Kier alpha value is -3.26. The molecule has 2 fully saturated rings. The molecule has 0 unspecified atom stereocenters. The monoisotopic (exact) mass is 561 g/mol. The minimum absolute atomic E-state index is 0.0788. The van der Waals surface area contributed by atoms with Crippen molar-refractivity contribution in [1.82, 2.24) is 14.8 Å². The summed E-state index contributed by atoms with van der Waals surface area (Å²) in [5, 5.41) is 14.5. The van der Waals surface area contributed by atoms with Crippen LogP contribution in [0.5, 0.6) is 0 Å². The summed E-state index contributed by atoms with van der Waals surface area (Å²) in [6, 6.07) is 4.28. The van der Waals surface area contributed by atoms with E-state index in [4.69, 9.17) is 9.72 Å². The number of ether oxygens (including phenoxy) is 1. The van der Waals surface area contributed by atoms with Crippen molar-refractivity contribution in [2.75, 3.05) is 18.6 Å². The molecular formula is C33H47N5O3. The van der Waals surface area contributed by atoms with E-state index in [-0.39, 0.29) is 24.0 Å². The molecule has 0 bridgehead atoms. The molecule has 2 aliphatic carbocycles. The Kier molecular flexibility index (Phi) is 10.5. The highest BCUT2D eigenvalue weighted by Gasteiger charge is 2.33. The SMILES string of the molecule is C=C(/C=N\C(OC)=C(C)C)[C@H]1CC[C@H](CN(c2cc(-c3cnn(C(C)C)c3)ccn2)C(=O)[C@H]2CC[C@H](O)CC2)CC1. The summed E-state index contributed by atoms with van der Waals surface area (Å²) in [5.74, 6) is 2.15. The van der Waals surface area contributed by atoms with Gasteiger partial charge in [0.15, 0.2) is 0 Å². The van der Waals surface area contributed by atoms with E-state index in [9.17, 15) is 9.90 Å². The number of amides is 1. The van der Waals surface area contributed by atoms with Gasteiger partial charge in [0.05, 0.1) is 19.4 Å². The molecule has 0 saturated heterocycles. The number of nitrogens with zero attached hydrogens (tertiary/aromatic N) is 5. The zero-order chi connectivity index (χ0) is 29.5. The molecule has 2 aliphatic rings. The molecule has 8 nitrogen and oxygen atoms in total. The van der Waals surface area contributed by atoms with Gasteiger partial charge in [0, 0.05) is 42.7 Å². The second-order valence-corrected chi connectivity index (χ2v) is 12.2. The molecule has 8 heteroatoms. The largest absolute Gasteiger partial charge is 0.481 e. The zero-order valence-corrected chi connectivity index (χ0v) is 25.4. The number of hydrogen-bond acceptors (Lipinski definition) is 6. The third kappa shape index (κ3) is 7.94. The van der Waals surface area contributed by atoms with Crippen molar-refractivity contribution in [2.24, 2.45) is 22.7 Å². The molecular weight excluding hydrogens is 514 g/mol. The van der Waals surface area contributed by atoms with Gasteiger partial charge < -0.3 is 9.84 Å². The van der Waals surface area contributed by atoms with Gasteiger partial charge in [0.2, 0.25) is 11.8 Å². The Morgan fingerprint density at radius 2 is 1.83 bits per heavy atom. The maximum absolute atomic E-state index is 14.0. The van der Waals surface area contributed by atoms with Crippen LogP contribution in [0.2, 0.25) is 0 Å². The van der Waals surface area contributed by atoms with Gasteiger partial charge in [-0.2, -0.15) is 5.10 Å². The second kappa shape index (κ2) is 14.1. The molecule has 2 saturated carbocycles. The number of allylic oxidation sites excluding steroid dienone is 2. The molecule has 0 aromatic carbocycles. The number of aliphatic hydroxyl groups excluding tert-OH is 1. The first-order valence-corrected chi connectivity index (χ1v) is 15.1. The van der Waals surface area contributed by atoms with E-state index < -0.39 is 0 Å². The summed E-state index contributed by atoms with van der Waals surface area (Å²) < 4.78 is 7.30. The molecule has 0 radical (unpaired) electrons.